The van der Waals surface area contributed by atoms with Gasteiger partial charge in [0.15, 0.2) is 0 Å². The fraction of sp³-hybridized carbons (Fsp3) is 0.586. The number of anilines is 1. The summed E-state index contributed by atoms with van der Waals surface area (Å²) in [6.45, 7) is 22.0. The van der Waals surface area contributed by atoms with Crippen molar-refractivity contribution in [2.45, 2.75) is 100.0 Å². The summed E-state index contributed by atoms with van der Waals surface area (Å²) in [6.07, 6.45) is 9.20. The van der Waals surface area contributed by atoms with Gasteiger partial charge in [0.2, 0.25) is 18.7 Å². The fourth-order valence-electron chi connectivity index (χ4n) is 2.23. The average Bonchev–Trinajstić information content (AvgIpc) is 2.90. The maximum absolute atomic E-state index is 10.7. The number of rotatable bonds is 13. The van der Waals surface area contributed by atoms with Crippen molar-refractivity contribution in [3.8, 4) is 0 Å². The molecule has 8 nitrogen and oxygen atoms in total. The van der Waals surface area contributed by atoms with Crippen LogP contribution in [-0.4, -0.2) is 52.2 Å². The molecule has 0 aliphatic carbocycles. The molecule has 0 atom stereocenters. The molecular weight excluding hydrogens is 518 g/mol. The quantitative estimate of drug-likeness (QED) is 0.0950. The minimum absolute atomic E-state index is 0. The first-order valence-electron chi connectivity index (χ1n) is 13.3. The van der Waals surface area contributed by atoms with Crippen molar-refractivity contribution in [1.82, 2.24) is 16.0 Å². The summed E-state index contributed by atoms with van der Waals surface area (Å²) in [4.78, 5) is 41.0. The molecule has 0 heterocycles. The summed E-state index contributed by atoms with van der Waals surface area (Å²) in [6, 6.07) is 7.93. The molecule has 0 aliphatic rings. The van der Waals surface area contributed by atoms with Crippen LogP contribution in [0.15, 0.2) is 30.3 Å². The third-order valence-electron chi connectivity index (χ3n) is 3.86. The van der Waals surface area contributed by atoms with Gasteiger partial charge in [0.25, 0.3) is 0 Å². The Morgan fingerprint density at radius 1 is 0.923 bits per heavy atom. The Labute approximate surface area is 283 Å². The predicted octanol–water partition coefficient (Wildman–Crippen LogP) is 1.81. The molecule has 0 saturated carbocycles. The van der Waals surface area contributed by atoms with Gasteiger partial charge in [0, 0.05) is 18.3 Å². The standard InChI is InChI=1S/C9H11NO.C9H16NO.C6H12N2O2.C3H8.C2H6.B.K/c1-2-8-3-5-9(6-4-8)10-7-11;1-3-5-6-7-8-10-9(11)4-2;1-5(2)8-6(10)3-7-4-9;1-3-2;1-2;;/h3-7H,2H2,1H3,(H,10,11);2,4H,3,5-8H2,1H3,(H,10,11);4-5H,3H2,1-2H3,(H,7,9)(H,8,10);3H2,1-2H3;1-2H3;;/q;-1;;;;-1;+1. The largest absolute Gasteiger partial charge is 1.00 e. The van der Waals surface area contributed by atoms with Crippen LogP contribution in [0.3, 0.4) is 0 Å². The van der Waals surface area contributed by atoms with Gasteiger partial charge in [-0.3, -0.25) is 21.0 Å². The Balaban J connectivity index is -0.0000000943. The van der Waals surface area contributed by atoms with Crippen molar-refractivity contribution in [2.75, 3.05) is 18.4 Å². The van der Waals surface area contributed by atoms with E-state index in [1.165, 1.54) is 31.2 Å². The summed E-state index contributed by atoms with van der Waals surface area (Å²) in [5.41, 5.74) is 2.12. The third kappa shape index (κ3) is 46.7. The summed E-state index contributed by atoms with van der Waals surface area (Å²) in [7, 11) is 0. The normalized spacial score (nSPS) is 8.13. The molecule has 1 rings (SSSR count). The van der Waals surface area contributed by atoms with Gasteiger partial charge in [-0.25, -0.2) is 0 Å². The number of hydrogen-bond donors (Lipinski definition) is 4. The molecule has 218 valence electrons. The molecule has 4 radical (unpaired) electrons. The minimum atomic E-state index is -0.179. The second-order valence-electron chi connectivity index (χ2n) is 7.76. The van der Waals surface area contributed by atoms with E-state index in [1.807, 2.05) is 52.0 Å². The van der Waals surface area contributed by atoms with E-state index < -0.39 is 0 Å². The molecule has 0 spiro atoms. The number of carbonyl (C=O) groups excluding carboxylic acids is 4. The van der Waals surface area contributed by atoms with Crippen LogP contribution in [0.5, 0.6) is 0 Å². The molecule has 4 amide bonds. The van der Waals surface area contributed by atoms with Crippen molar-refractivity contribution in [3.05, 3.63) is 42.5 Å². The second-order valence-corrected chi connectivity index (χ2v) is 7.76. The van der Waals surface area contributed by atoms with Crippen LogP contribution in [0.25, 0.3) is 0 Å². The number of unbranched alkanes of at least 4 members (excludes halogenated alkanes) is 3. The smallest absolute Gasteiger partial charge is 1.00 e. The first kappa shape index (κ1) is 50.4. The van der Waals surface area contributed by atoms with Crippen LogP contribution in [0, 0.1) is 6.58 Å². The number of amides is 4. The molecule has 4 N–H and O–H groups in total. The van der Waals surface area contributed by atoms with E-state index in [0.717, 1.165) is 31.1 Å². The molecule has 0 bridgehead atoms. The number of nitrogens with one attached hydrogen (secondary N) is 4. The number of aryl methyl sites for hydroxylation is 1. The van der Waals surface area contributed by atoms with Gasteiger partial charge < -0.3 is 34.5 Å². The Bertz CT molecular complexity index is 676. The maximum Gasteiger partial charge on any atom is 1.00 e. The SMILES string of the molecule is CC.CC(C)NC(=O)CNC=O.CCC.CCc1ccc(NC=O)cc1.[B-].[CH-]=CC(=O)NCCCCCC.[K+]. The van der Waals surface area contributed by atoms with Crippen molar-refractivity contribution in [3.63, 3.8) is 0 Å². The van der Waals surface area contributed by atoms with Crippen LogP contribution in [-0.2, 0) is 25.6 Å². The molecule has 0 aromatic heterocycles. The van der Waals surface area contributed by atoms with Crippen molar-refractivity contribution in [1.29, 1.82) is 0 Å². The van der Waals surface area contributed by atoms with Crippen LogP contribution in [0.4, 0.5) is 5.69 Å². The van der Waals surface area contributed by atoms with Gasteiger partial charge in [0.05, 0.1) is 12.5 Å². The zero-order chi connectivity index (χ0) is 29.3. The molecular formula is C29H53BKN4O4-. The van der Waals surface area contributed by atoms with Gasteiger partial charge >= 0.3 is 51.4 Å². The molecule has 39 heavy (non-hydrogen) atoms. The molecule has 1 aromatic rings. The van der Waals surface area contributed by atoms with Gasteiger partial charge in [-0.05, 0) is 44.4 Å². The van der Waals surface area contributed by atoms with Crippen molar-refractivity contribution < 1.29 is 70.6 Å². The summed E-state index contributed by atoms with van der Waals surface area (Å²) < 4.78 is 0. The van der Waals surface area contributed by atoms with Crippen LogP contribution in [0.1, 0.15) is 93.1 Å². The van der Waals surface area contributed by atoms with Gasteiger partial charge in [-0.2, -0.15) is 6.08 Å². The van der Waals surface area contributed by atoms with E-state index in [0.29, 0.717) is 12.8 Å². The second kappa shape index (κ2) is 43.6. The Hall–Kier alpha value is -1.46. The van der Waals surface area contributed by atoms with E-state index in [4.69, 9.17) is 6.58 Å². The van der Waals surface area contributed by atoms with Gasteiger partial charge in [-0.15, -0.1) is 0 Å². The van der Waals surface area contributed by atoms with Gasteiger partial charge in [0.1, 0.15) is 0 Å². The molecule has 10 heteroatoms. The van der Waals surface area contributed by atoms with E-state index in [9.17, 15) is 19.2 Å². The topological polar surface area (TPSA) is 116 Å². The summed E-state index contributed by atoms with van der Waals surface area (Å²) >= 11 is 0. The summed E-state index contributed by atoms with van der Waals surface area (Å²) in [5, 5.41) is 10.1. The molecule has 0 unspecified atom stereocenters. The maximum atomic E-state index is 10.7. The van der Waals surface area contributed by atoms with Gasteiger partial charge in [-0.1, -0.05) is 79.4 Å². The Morgan fingerprint density at radius 3 is 1.85 bits per heavy atom. The molecule has 1 aromatic carbocycles. The number of carbonyl (C=O) groups is 4. The first-order chi connectivity index (χ1) is 17.7. The number of benzene rings is 1. The van der Waals surface area contributed by atoms with E-state index >= 15 is 0 Å². The monoisotopic (exact) mass is 571 g/mol. The summed E-state index contributed by atoms with van der Waals surface area (Å²) in [5.74, 6) is -0.344. The van der Waals surface area contributed by atoms with E-state index in [1.54, 1.807) is 0 Å². The molecule has 0 saturated heterocycles. The third-order valence-corrected chi connectivity index (χ3v) is 3.86. The van der Waals surface area contributed by atoms with E-state index in [-0.39, 0.29) is 84.2 Å². The van der Waals surface area contributed by atoms with Crippen LogP contribution in [0.2, 0.25) is 0 Å². The fourth-order valence-corrected chi connectivity index (χ4v) is 2.23. The van der Waals surface area contributed by atoms with E-state index in [2.05, 4.69) is 49.0 Å². The molecule has 0 aliphatic heterocycles. The van der Waals surface area contributed by atoms with Crippen LogP contribution < -0.4 is 72.7 Å². The van der Waals surface area contributed by atoms with Crippen LogP contribution >= 0.6 is 0 Å². The Kier molecular flexibility index (Phi) is 56.3. The average molecular weight is 572 g/mol. The predicted molar refractivity (Wildman–Crippen MR) is 162 cm³/mol. The van der Waals surface area contributed by atoms with Crippen molar-refractivity contribution in [2.24, 2.45) is 0 Å². The zero-order valence-electron chi connectivity index (χ0n) is 26.1. The minimum Gasteiger partial charge on any atom is -1.00 e. The molecule has 0 fully saturated rings. The number of hydrogen-bond acceptors (Lipinski definition) is 4. The Morgan fingerprint density at radius 2 is 1.46 bits per heavy atom. The zero-order valence-corrected chi connectivity index (χ0v) is 29.2. The first-order valence-corrected chi connectivity index (χ1v) is 13.3. The van der Waals surface area contributed by atoms with Crippen molar-refractivity contribution >= 4 is 38.7 Å².